The molecule has 1 aliphatic rings. The number of nitrogens with zero attached hydrogens (tertiary/aromatic N) is 1. The molecule has 1 fully saturated rings. The molecule has 1 saturated heterocycles. The summed E-state index contributed by atoms with van der Waals surface area (Å²) in [5, 5.41) is 10.1. The van der Waals surface area contributed by atoms with Crippen molar-refractivity contribution in [2.45, 2.75) is 33.2 Å². The molecule has 1 aliphatic heterocycles. The number of sulfonamides is 1. The predicted octanol–water partition coefficient (Wildman–Crippen LogP) is 1.77. The fourth-order valence-electron chi connectivity index (χ4n) is 2.96. The molecule has 1 heterocycles. The zero-order valence-electron chi connectivity index (χ0n) is 13.6. The number of rotatable bonds is 5. The standard InChI is InChI=1S/C16H26N2O3S/c1-12-7-15(16(19)8-13(12)2)11-18-6-4-5-14(10-18)9-17-22(3,20)21/h7-8,14,17,19H,4-6,9-11H2,1-3H3/t14-/m0/s1. The number of phenolic OH excluding ortho intramolecular Hbond substituents is 1. The summed E-state index contributed by atoms with van der Waals surface area (Å²) in [5.74, 6) is 0.677. The van der Waals surface area contributed by atoms with E-state index in [0.29, 0.717) is 24.8 Å². The quantitative estimate of drug-likeness (QED) is 0.865. The van der Waals surface area contributed by atoms with Crippen LogP contribution in [0.4, 0.5) is 0 Å². The summed E-state index contributed by atoms with van der Waals surface area (Å²) in [6.45, 7) is 7.09. The van der Waals surface area contributed by atoms with Crippen LogP contribution in [0.3, 0.4) is 0 Å². The number of nitrogens with one attached hydrogen (secondary N) is 1. The first kappa shape index (κ1) is 17.2. The highest BCUT2D eigenvalue weighted by Gasteiger charge is 2.21. The molecule has 0 unspecified atom stereocenters. The van der Waals surface area contributed by atoms with Crippen LogP contribution in [0.5, 0.6) is 5.75 Å². The Bertz CT molecular complexity index is 629. The van der Waals surface area contributed by atoms with E-state index in [1.165, 1.54) is 11.8 Å². The number of hydrogen-bond donors (Lipinski definition) is 2. The largest absolute Gasteiger partial charge is 0.508 e. The Morgan fingerprint density at radius 2 is 2.00 bits per heavy atom. The third-order valence-corrected chi connectivity index (χ3v) is 5.02. The molecule has 1 atom stereocenters. The third-order valence-electron chi connectivity index (χ3n) is 4.33. The summed E-state index contributed by atoms with van der Waals surface area (Å²) in [4.78, 5) is 2.29. The lowest BCUT2D eigenvalue weighted by molar-refractivity contribution is 0.167. The average Bonchev–Trinajstić information content (AvgIpc) is 2.42. The monoisotopic (exact) mass is 326 g/mol. The highest BCUT2D eigenvalue weighted by Crippen LogP contribution is 2.25. The second kappa shape index (κ2) is 6.98. The van der Waals surface area contributed by atoms with E-state index < -0.39 is 10.0 Å². The van der Waals surface area contributed by atoms with E-state index in [9.17, 15) is 13.5 Å². The van der Waals surface area contributed by atoms with Crippen molar-refractivity contribution in [3.05, 3.63) is 28.8 Å². The molecule has 0 amide bonds. The first-order chi connectivity index (χ1) is 10.2. The van der Waals surface area contributed by atoms with Gasteiger partial charge in [-0.15, -0.1) is 0 Å². The van der Waals surface area contributed by atoms with Crippen molar-refractivity contribution in [2.24, 2.45) is 5.92 Å². The molecule has 0 spiro atoms. The molecule has 22 heavy (non-hydrogen) atoms. The van der Waals surface area contributed by atoms with Crippen LogP contribution in [-0.2, 0) is 16.6 Å². The van der Waals surface area contributed by atoms with Gasteiger partial charge in [-0.1, -0.05) is 6.07 Å². The summed E-state index contributed by atoms with van der Waals surface area (Å²) in [6.07, 6.45) is 3.29. The molecular formula is C16H26N2O3S. The number of aryl methyl sites for hydroxylation is 2. The lowest BCUT2D eigenvalue weighted by Gasteiger charge is -2.33. The molecule has 0 aliphatic carbocycles. The van der Waals surface area contributed by atoms with Gasteiger partial charge in [0, 0.05) is 25.2 Å². The van der Waals surface area contributed by atoms with Crippen molar-refractivity contribution in [1.82, 2.24) is 9.62 Å². The van der Waals surface area contributed by atoms with Crippen molar-refractivity contribution in [3.8, 4) is 5.75 Å². The minimum absolute atomic E-state index is 0.331. The van der Waals surface area contributed by atoms with Gasteiger partial charge in [-0.3, -0.25) is 4.90 Å². The molecule has 2 N–H and O–H groups in total. The van der Waals surface area contributed by atoms with Crippen LogP contribution >= 0.6 is 0 Å². The lowest BCUT2D eigenvalue weighted by atomic mass is 9.97. The lowest BCUT2D eigenvalue weighted by Crippen LogP contribution is -2.40. The Hall–Kier alpha value is -1.11. The Kier molecular flexibility index (Phi) is 5.47. The summed E-state index contributed by atoms with van der Waals surface area (Å²) >= 11 is 0. The Morgan fingerprint density at radius 3 is 2.68 bits per heavy atom. The van der Waals surface area contributed by atoms with Gasteiger partial charge < -0.3 is 5.11 Å². The van der Waals surface area contributed by atoms with Crippen molar-refractivity contribution in [2.75, 3.05) is 25.9 Å². The first-order valence-electron chi connectivity index (χ1n) is 7.70. The maximum atomic E-state index is 11.2. The van der Waals surface area contributed by atoms with Crippen LogP contribution in [0.1, 0.15) is 29.5 Å². The maximum Gasteiger partial charge on any atom is 0.208 e. The predicted molar refractivity (Wildman–Crippen MR) is 88.4 cm³/mol. The number of piperidine rings is 1. The van der Waals surface area contributed by atoms with Crippen molar-refractivity contribution >= 4 is 10.0 Å². The van der Waals surface area contributed by atoms with Gasteiger partial charge >= 0.3 is 0 Å². The van der Waals surface area contributed by atoms with E-state index in [0.717, 1.165) is 37.1 Å². The molecule has 0 aromatic heterocycles. The summed E-state index contributed by atoms with van der Waals surface area (Å²) in [5.41, 5.74) is 3.22. The molecule has 0 bridgehead atoms. The van der Waals surface area contributed by atoms with E-state index >= 15 is 0 Å². The van der Waals surface area contributed by atoms with Gasteiger partial charge in [-0.2, -0.15) is 0 Å². The molecule has 0 radical (unpaired) electrons. The highest BCUT2D eigenvalue weighted by atomic mass is 32.2. The van der Waals surface area contributed by atoms with Gasteiger partial charge in [0.05, 0.1) is 6.26 Å². The normalized spacial score (nSPS) is 20.2. The summed E-state index contributed by atoms with van der Waals surface area (Å²) < 4.78 is 25.0. The van der Waals surface area contributed by atoms with Crippen molar-refractivity contribution < 1.29 is 13.5 Å². The van der Waals surface area contributed by atoms with E-state index in [1.807, 2.05) is 26.0 Å². The number of aromatic hydroxyl groups is 1. The smallest absolute Gasteiger partial charge is 0.208 e. The number of likely N-dealkylation sites (tertiary alicyclic amines) is 1. The highest BCUT2D eigenvalue weighted by molar-refractivity contribution is 7.88. The van der Waals surface area contributed by atoms with Crippen LogP contribution in [-0.4, -0.2) is 44.3 Å². The van der Waals surface area contributed by atoms with Crippen LogP contribution in [0.25, 0.3) is 0 Å². The average molecular weight is 326 g/mol. The fourth-order valence-corrected chi connectivity index (χ4v) is 3.50. The van der Waals surface area contributed by atoms with Crippen molar-refractivity contribution in [3.63, 3.8) is 0 Å². The first-order valence-corrected chi connectivity index (χ1v) is 9.60. The van der Waals surface area contributed by atoms with Crippen LogP contribution in [0, 0.1) is 19.8 Å². The Balaban J connectivity index is 1.97. The number of hydrogen-bond acceptors (Lipinski definition) is 4. The zero-order valence-corrected chi connectivity index (χ0v) is 14.4. The van der Waals surface area contributed by atoms with Crippen molar-refractivity contribution in [1.29, 1.82) is 0 Å². The van der Waals surface area contributed by atoms with Gasteiger partial charge in [0.2, 0.25) is 10.0 Å². The molecule has 1 aromatic rings. The van der Waals surface area contributed by atoms with E-state index in [-0.39, 0.29) is 0 Å². The van der Waals surface area contributed by atoms with Gasteiger partial charge in [-0.25, -0.2) is 13.1 Å². The second-order valence-electron chi connectivity index (χ2n) is 6.43. The van der Waals surface area contributed by atoms with Crippen LogP contribution in [0.2, 0.25) is 0 Å². The fraction of sp³-hybridized carbons (Fsp3) is 0.625. The molecule has 0 saturated carbocycles. The third kappa shape index (κ3) is 4.97. The van der Waals surface area contributed by atoms with Gasteiger partial charge in [-0.05, 0) is 56.3 Å². The van der Waals surface area contributed by atoms with E-state index in [4.69, 9.17) is 0 Å². The second-order valence-corrected chi connectivity index (χ2v) is 8.26. The van der Waals surface area contributed by atoms with Gasteiger partial charge in [0.15, 0.2) is 0 Å². The molecule has 5 nitrogen and oxygen atoms in total. The Labute approximate surface area is 133 Å². The maximum absolute atomic E-state index is 11.2. The van der Waals surface area contributed by atoms with Crippen LogP contribution < -0.4 is 4.72 Å². The molecule has 6 heteroatoms. The SMILES string of the molecule is Cc1cc(O)c(CN2CCC[C@@H](CNS(C)(=O)=O)C2)cc1C. The minimum atomic E-state index is -3.13. The Morgan fingerprint density at radius 1 is 1.32 bits per heavy atom. The van der Waals surface area contributed by atoms with Gasteiger partial charge in [0.1, 0.15) is 5.75 Å². The minimum Gasteiger partial charge on any atom is -0.508 e. The van der Waals surface area contributed by atoms with Crippen LogP contribution in [0.15, 0.2) is 12.1 Å². The van der Waals surface area contributed by atoms with E-state index in [2.05, 4.69) is 9.62 Å². The number of phenols is 1. The van der Waals surface area contributed by atoms with Gasteiger partial charge in [0.25, 0.3) is 0 Å². The number of benzene rings is 1. The summed E-state index contributed by atoms with van der Waals surface area (Å²) in [7, 11) is -3.13. The zero-order chi connectivity index (χ0) is 16.3. The molecule has 2 rings (SSSR count). The molecule has 1 aromatic carbocycles. The van der Waals surface area contributed by atoms with E-state index in [1.54, 1.807) is 0 Å². The molecular weight excluding hydrogens is 300 g/mol. The molecule has 124 valence electrons. The topological polar surface area (TPSA) is 69.6 Å². The summed E-state index contributed by atoms with van der Waals surface area (Å²) in [6, 6.07) is 3.86.